The van der Waals surface area contributed by atoms with Crippen LogP contribution >= 0.6 is 0 Å². The lowest BCUT2D eigenvalue weighted by Crippen LogP contribution is -2.34. The maximum absolute atomic E-state index is 9.77. The quantitative estimate of drug-likeness (QED) is 0.689. The molecular formula is C15H31NO2. The second kappa shape index (κ2) is 7.46. The summed E-state index contributed by atoms with van der Waals surface area (Å²) in [5.41, 5.74) is 4.79. The van der Waals surface area contributed by atoms with Crippen molar-refractivity contribution in [3.8, 4) is 0 Å². The van der Waals surface area contributed by atoms with E-state index in [-0.39, 0.29) is 0 Å². The van der Waals surface area contributed by atoms with Gasteiger partial charge in [0.1, 0.15) is 0 Å². The summed E-state index contributed by atoms with van der Waals surface area (Å²) >= 11 is 0. The average molecular weight is 257 g/mol. The smallest absolute Gasteiger partial charge is 0.0741 e. The molecule has 18 heavy (non-hydrogen) atoms. The van der Waals surface area contributed by atoms with Crippen LogP contribution in [0.25, 0.3) is 0 Å². The normalized spacial score (nSPS) is 32.2. The Morgan fingerprint density at radius 3 is 2.33 bits per heavy atom. The highest BCUT2D eigenvalue weighted by atomic mass is 16.5. The van der Waals surface area contributed by atoms with E-state index in [2.05, 4.69) is 13.8 Å². The minimum Gasteiger partial charge on any atom is -0.389 e. The lowest BCUT2D eigenvalue weighted by Gasteiger charge is -2.31. The summed E-state index contributed by atoms with van der Waals surface area (Å²) in [6, 6.07) is 0. The van der Waals surface area contributed by atoms with Gasteiger partial charge in [0, 0.05) is 13.2 Å². The van der Waals surface area contributed by atoms with E-state index >= 15 is 0 Å². The van der Waals surface area contributed by atoms with Crippen LogP contribution in [-0.4, -0.2) is 30.0 Å². The molecule has 3 N–H and O–H groups in total. The van der Waals surface area contributed by atoms with Gasteiger partial charge in [0.2, 0.25) is 0 Å². The van der Waals surface area contributed by atoms with Gasteiger partial charge in [0.15, 0.2) is 0 Å². The summed E-state index contributed by atoms with van der Waals surface area (Å²) < 4.78 is 5.96. The third kappa shape index (κ3) is 6.17. The summed E-state index contributed by atoms with van der Waals surface area (Å²) in [5.74, 6) is 1.61. The Morgan fingerprint density at radius 1 is 1.17 bits per heavy atom. The van der Waals surface area contributed by atoms with Gasteiger partial charge in [-0.2, -0.15) is 0 Å². The van der Waals surface area contributed by atoms with Crippen molar-refractivity contribution >= 4 is 0 Å². The number of hydrogen-bond donors (Lipinski definition) is 2. The molecule has 3 atom stereocenters. The Hall–Kier alpha value is -0.120. The highest BCUT2D eigenvalue weighted by Crippen LogP contribution is 2.30. The first-order valence-corrected chi connectivity index (χ1v) is 7.47. The van der Waals surface area contributed by atoms with Crippen LogP contribution in [0.15, 0.2) is 0 Å². The van der Waals surface area contributed by atoms with Gasteiger partial charge in [-0.05, 0) is 57.3 Å². The molecule has 0 saturated heterocycles. The van der Waals surface area contributed by atoms with Crippen LogP contribution in [0.4, 0.5) is 0 Å². The fourth-order valence-corrected chi connectivity index (χ4v) is 2.97. The van der Waals surface area contributed by atoms with Crippen LogP contribution in [0.5, 0.6) is 0 Å². The fraction of sp³-hybridized carbons (Fsp3) is 1.00. The van der Waals surface area contributed by atoms with E-state index in [1.54, 1.807) is 6.92 Å². The third-order valence-electron chi connectivity index (χ3n) is 4.04. The number of ether oxygens (including phenoxy) is 1. The van der Waals surface area contributed by atoms with E-state index < -0.39 is 5.60 Å². The third-order valence-corrected chi connectivity index (χ3v) is 4.04. The molecular weight excluding hydrogens is 226 g/mol. The minimum atomic E-state index is -0.701. The van der Waals surface area contributed by atoms with Crippen molar-refractivity contribution in [1.82, 2.24) is 0 Å². The number of aliphatic hydroxyl groups is 1. The molecule has 108 valence electrons. The monoisotopic (exact) mass is 257 g/mol. The molecule has 1 saturated carbocycles. The minimum absolute atomic E-state index is 0.339. The second-order valence-corrected chi connectivity index (χ2v) is 6.57. The Balaban J connectivity index is 2.07. The molecule has 0 amide bonds. The molecule has 0 bridgehead atoms. The Morgan fingerprint density at radius 2 is 1.78 bits per heavy atom. The first-order valence-electron chi connectivity index (χ1n) is 7.47. The zero-order valence-corrected chi connectivity index (χ0v) is 12.3. The SMILES string of the molecule is CC1CC(C)CC(OCCCCC(C)(O)CN)C1. The Kier molecular flexibility index (Phi) is 6.61. The fourth-order valence-electron chi connectivity index (χ4n) is 2.97. The molecule has 3 heteroatoms. The summed E-state index contributed by atoms with van der Waals surface area (Å²) in [4.78, 5) is 0. The van der Waals surface area contributed by atoms with Crippen LogP contribution in [0.3, 0.4) is 0 Å². The van der Waals surface area contributed by atoms with Crippen molar-refractivity contribution in [1.29, 1.82) is 0 Å². The van der Waals surface area contributed by atoms with Gasteiger partial charge in [-0.15, -0.1) is 0 Å². The number of nitrogens with two attached hydrogens (primary N) is 1. The molecule has 1 rings (SSSR count). The van der Waals surface area contributed by atoms with Crippen LogP contribution < -0.4 is 5.73 Å². The van der Waals surface area contributed by atoms with Crippen molar-refractivity contribution in [2.24, 2.45) is 17.6 Å². The zero-order chi connectivity index (χ0) is 13.6. The van der Waals surface area contributed by atoms with Gasteiger partial charge in [-0.25, -0.2) is 0 Å². The molecule has 3 nitrogen and oxygen atoms in total. The maximum atomic E-state index is 9.77. The molecule has 1 fully saturated rings. The molecule has 0 aliphatic heterocycles. The zero-order valence-electron chi connectivity index (χ0n) is 12.3. The van der Waals surface area contributed by atoms with E-state index in [0.29, 0.717) is 12.6 Å². The van der Waals surface area contributed by atoms with Crippen LogP contribution in [0, 0.1) is 11.8 Å². The summed E-state index contributed by atoms with van der Waals surface area (Å²) in [6.07, 6.45) is 7.01. The van der Waals surface area contributed by atoms with Crippen molar-refractivity contribution in [2.75, 3.05) is 13.2 Å². The van der Waals surface area contributed by atoms with E-state index in [1.807, 2.05) is 0 Å². The van der Waals surface area contributed by atoms with Crippen LogP contribution in [-0.2, 0) is 4.74 Å². The van der Waals surface area contributed by atoms with Gasteiger partial charge in [-0.1, -0.05) is 13.8 Å². The first kappa shape index (κ1) is 15.9. The standard InChI is InChI=1S/C15H31NO2/c1-12-8-13(2)10-14(9-12)18-7-5-4-6-15(3,17)11-16/h12-14,17H,4-11,16H2,1-3H3. The van der Waals surface area contributed by atoms with Crippen molar-refractivity contribution in [2.45, 2.75) is 71.0 Å². The maximum Gasteiger partial charge on any atom is 0.0741 e. The Labute approximate surface area is 112 Å². The molecule has 0 radical (unpaired) electrons. The molecule has 0 spiro atoms. The predicted molar refractivity (Wildman–Crippen MR) is 75.4 cm³/mol. The first-order chi connectivity index (χ1) is 8.43. The van der Waals surface area contributed by atoms with Crippen molar-refractivity contribution < 1.29 is 9.84 Å². The van der Waals surface area contributed by atoms with Crippen molar-refractivity contribution in [3.05, 3.63) is 0 Å². The topological polar surface area (TPSA) is 55.5 Å². The molecule has 0 aromatic carbocycles. The van der Waals surface area contributed by atoms with Crippen molar-refractivity contribution in [3.63, 3.8) is 0 Å². The predicted octanol–water partition coefficient (Wildman–Crippen LogP) is 2.71. The number of hydrogen-bond acceptors (Lipinski definition) is 3. The van der Waals surface area contributed by atoms with E-state index in [4.69, 9.17) is 10.5 Å². The largest absolute Gasteiger partial charge is 0.389 e. The summed E-state index contributed by atoms with van der Waals surface area (Å²) in [5, 5.41) is 9.77. The number of rotatable bonds is 7. The van der Waals surface area contributed by atoms with Crippen LogP contribution in [0.1, 0.15) is 59.3 Å². The lowest BCUT2D eigenvalue weighted by atomic mass is 9.82. The summed E-state index contributed by atoms with van der Waals surface area (Å²) in [6.45, 7) is 7.61. The number of unbranched alkanes of at least 4 members (excludes halogenated alkanes) is 1. The Bertz CT molecular complexity index is 221. The van der Waals surface area contributed by atoms with Gasteiger partial charge < -0.3 is 15.6 Å². The molecule has 1 aliphatic rings. The lowest BCUT2D eigenvalue weighted by molar-refractivity contribution is -0.00368. The molecule has 1 aliphatic carbocycles. The second-order valence-electron chi connectivity index (χ2n) is 6.57. The molecule has 0 aromatic heterocycles. The summed E-state index contributed by atoms with van der Waals surface area (Å²) in [7, 11) is 0. The van der Waals surface area contributed by atoms with Gasteiger partial charge >= 0.3 is 0 Å². The van der Waals surface area contributed by atoms with Gasteiger partial charge in [0.05, 0.1) is 11.7 Å². The van der Waals surface area contributed by atoms with E-state index in [9.17, 15) is 5.11 Å². The molecule has 0 aromatic rings. The van der Waals surface area contributed by atoms with E-state index in [0.717, 1.165) is 37.7 Å². The highest BCUT2D eigenvalue weighted by Gasteiger charge is 2.24. The van der Waals surface area contributed by atoms with Crippen LogP contribution in [0.2, 0.25) is 0 Å². The van der Waals surface area contributed by atoms with Gasteiger partial charge in [-0.3, -0.25) is 0 Å². The molecule has 3 unspecified atom stereocenters. The molecule has 0 heterocycles. The average Bonchev–Trinajstić information content (AvgIpc) is 2.27. The highest BCUT2D eigenvalue weighted by molar-refractivity contribution is 4.75. The van der Waals surface area contributed by atoms with E-state index in [1.165, 1.54) is 19.3 Å². The van der Waals surface area contributed by atoms with Gasteiger partial charge in [0.25, 0.3) is 0 Å².